The van der Waals surface area contributed by atoms with Crippen molar-refractivity contribution in [3.05, 3.63) is 65.2 Å². The molecule has 0 bridgehead atoms. The summed E-state index contributed by atoms with van der Waals surface area (Å²) in [4.78, 5) is 23.1. The third-order valence-corrected chi connectivity index (χ3v) is 3.53. The molecule has 0 fully saturated rings. The lowest BCUT2D eigenvalue weighted by atomic mass is 10.1. The first-order chi connectivity index (χ1) is 12.1. The largest absolute Gasteiger partial charge is 0.491 e. The van der Waals surface area contributed by atoms with E-state index in [0.717, 1.165) is 5.56 Å². The van der Waals surface area contributed by atoms with Gasteiger partial charge in [0.15, 0.2) is 0 Å². The van der Waals surface area contributed by atoms with E-state index < -0.39 is 5.97 Å². The zero-order valence-corrected chi connectivity index (χ0v) is 14.0. The molecule has 0 radical (unpaired) electrons. The summed E-state index contributed by atoms with van der Waals surface area (Å²) in [5.74, 6) is -0.494. The maximum Gasteiger partial charge on any atom is 0.335 e. The van der Waals surface area contributed by atoms with Crippen molar-refractivity contribution in [3.8, 4) is 5.75 Å². The summed E-state index contributed by atoms with van der Waals surface area (Å²) in [7, 11) is 1.61. The Morgan fingerprint density at radius 1 is 1.08 bits per heavy atom. The molecule has 0 atom stereocenters. The zero-order chi connectivity index (χ0) is 18.1. The summed E-state index contributed by atoms with van der Waals surface area (Å²) in [6.07, 6.45) is 0.119. The Bertz CT molecular complexity index is 729. The van der Waals surface area contributed by atoms with Crippen molar-refractivity contribution in [3.63, 3.8) is 0 Å². The Balaban J connectivity index is 1.92. The average Bonchev–Trinajstić information content (AvgIpc) is 2.61. The quantitative estimate of drug-likeness (QED) is 0.682. The number of benzene rings is 2. The highest BCUT2D eigenvalue weighted by atomic mass is 16.5. The fraction of sp³-hybridized carbons (Fsp3) is 0.263. The van der Waals surface area contributed by atoms with E-state index in [1.165, 1.54) is 12.1 Å². The molecule has 0 heterocycles. The molecule has 0 aliphatic heterocycles. The van der Waals surface area contributed by atoms with E-state index in [4.69, 9.17) is 14.6 Å². The van der Waals surface area contributed by atoms with Gasteiger partial charge in [0.05, 0.1) is 18.6 Å². The number of carbonyl (C=O) groups is 2. The van der Waals surface area contributed by atoms with Crippen LogP contribution in [0.2, 0.25) is 0 Å². The third-order valence-electron chi connectivity index (χ3n) is 3.53. The van der Waals surface area contributed by atoms with Gasteiger partial charge in [-0.3, -0.25) is 4.79 Å². The fourth-order valence-corrected chi connectivity index (χ4v) is 2.28. The molecule has 6 heteroatoms. The van der Waals surface area contributed by atoms with Crippen LogP contribution < -0.4 is 10.1 Å². The molecule has 0 aliphatic carbocycles. The Labute approximate surface area is 146 Å². The monoisotopic (exact) mass is 343 g/mol. The van der Waals surface area contributed by atoms with Crippen LogP contribution in [-0.2, 0) is 22.5 Å². The zero-order valence-electron chi connectivity index (χ0n) is 14.0. The maximum absolute atomic E-state index is 12.1. The highest BCUT2D eigenvalue weighted by Crippen LogP contribution is 2.17. The summed E-state index contributed by atoms with van der Waals surface area (Å²) < 4.78 is 10.6. The van der Waals surface area contributed by atoms with Crippen molar-refractivity contribution in [2.24, 2.45) is 0 Å². The molecule has 0 unspecified atom stereocenters. The molecule has 0 saturated carbocycles. The standard InChI is InChI=1S/C19H21NO5/c1-24-9-10-25-17-8-3-2-6-16(17)13-20-18(21)12-14-5-4-7-15(11-14)19(22)23/h2-8,11H,9-10,12-13H2,1H3,(H,20,21)(H,22,23). The van der Waals surface area contributed by atoms with Crippen LogP contribution in [0.15, 0.2) is 48.5 Å². The number of carboxylic acids is 1. The van der Waals surface area contributed by atoms with Crippen LogP contribution in [0.25, 0.3) is 0 Å². The highest BCUT2D eigenvalue weighted by molar-refractivity contribution is 5.88. The van der Waals surface area contributed by atoms with E-state index in [2.05, 4.69) is 5.32 Å². The second kappa shape index (κ2) is 9.44. The van der Waals surface area contributed by atoms with Crippen molar-refractivity contribution in [2.75, 3.05) is 20.3 Å². The van der Waals surface area contributed by atoms with Crippen LogP contribution >= 0.6 is 0 Å². The van der Waals surface area contributed by atoms with E-state index in [1.54, 1.807) is 19.2 Å². The van der Waals surface area contributed by atoms with Gasteiger partial charge in [-0.15, -0.1) is 0 Å². The van der Waals surface area contributed by atoms with Gasteiger partial charge >= 0.3 is 5.97 Å². The minimum Gasteiger partial charge on any atom is -0.491 e. The molecule has 0 spiro atoms. The normalized spacial score (nSPS) is 10.3. The summed E-state index contributed by atoms with van der Waals surface area (Å²) in [5, 5.41) is 11.8. The van der Waals surface area contributed by atoms with Gasteiger partial charge in [-0.05, 0) is 23.8 Å². The van der Waals surface area contributed by atoms with Gasteiger partial charge in [0.2, 0.25) is 5.91 Å². The molecule has 2 rings (SSSR count). The molecule has 2 aromatic carbocycles. The number of methoxy groups -OCH3 is 1. The number of amides is 1. The first-order valence-electron chi connectivity index (χ1n) is 7.88. The fourth-order valence-electron chi connectivity index (χ4n) is 2.28. The van der Waals surface area contributed by atoms with Gasteiger partial charge in [-0.25, -0.2) is 4.79 Å². The third kappa shape index (κ3) is 5.93. The highest BCUT2D eigenvalue weighted by Gasteiger charge is 2.09. The lowest BCUT2D eigenvalue weighted by Gasteiger charge is -2.12. The Hall–Kier alpha value is -2.86. The number of carbonyl (C=O) groups excluding carboxylic acids is 1. The first kappa shape index (κ1) is 18.5. The molecular formula is C19H21NO5. The lowest BCUT2D eigenvalue weighted by Crippen LogP contribution is -2.25. The van der Waals surface area contributed by atoms with Crippen molar-refractivity contribution in [2.45, 2.75) is 13.0 Å². The Morgan fingerprint density at radius 3 is 2.64 bits per heavy atom. The molecule has 0 aromatic heterocycles. The molecule has 1 amide bonds. The summed E-state index contributed by atoms with van der Waals surface area (Å²) in [5.41, 5.74) is 1.69. The second-order valence-corrected chi connectivity index (χ2v) is 5.41. The molecule has 2 N–H and O–H groups in total. The number of carboxylic acid groups (broad SMARTS) is 1. The number of para-hydroxylation sites is 1. The summed E-state index contributed by atoms with van der Waals surface area (Å²) >= 11 is 0. The molecule has 0 aliphatic rings. The average molecular weight is 343 g/mol. The number of aromatic carboxylic acids is 1. The molecule has 6 nitrogen and oxygen atoms in total. The minimum atomic E-state index is -1.01. The molecule has 0 saturated heterocycles. The minimum absolute atomic E-state index is 0.119. The van der Waals surface area contributed by atoms with E-state index in [9.17, 15) is 9.59 Å². The predicted molar refractivity (Wildman–Crippen MR) is 92.8 cm³/mol. The number of rotatable bonds is 9. The summed E-state index contributed by atoms with van der Waals surface area (Å²) in [6.45, 7) is 1.25. The van der Waals surface area contributed by atoms with Crippen molar-refractivity contribution in [1.29, 1.82) is 0 Å². The Morgan fingerprint density at radius 2 is 1.88 bits per heavy atom. The summed E-state index contributed by atoms with van der Waals surface area (Å²) in [6, 6.07) is 13.8. The van der Waals surface area contributed by atoms with Gasteiger partial charge in [0, 0.05) is 19.2 Å². The number of hydrogen-bond donors (Lipinski definition) is 2. The van der Waals surface area contributed by atoms with E-state index in [1.807, 2.05) is 24.3 Å². The van der Waals surface area contributed by atoms with Gasteiger partial charge < -0.3 is 19.9 Å². The topological polar surface area (TPSA) is 84.9 Å². The Kier molecular flexibility index (Phi) is 6.98. The predicted octanol–water partition coefficient (Wildman–Crippen LogP) is 2.27. The lowest BCUT2D eigenvalue weighted by molar-refractivity contribution is -0.120. The van der Waals surface area contributed by atoms with Crippen molar-refractivity contribution < 1.29 is 24.2 Å². The van der Waals surface area contributed by atoms with Crippen LogP contribution in [0.4, 0.5) is 0 Å². The van der Waals surface area contributed by atoms with E-state index in [-0.39, 0.29) is 17.9 Å². The molecule has 25 heavy (non-hydrogen) atoms. The van der Waals surface area contributed by atoms with E-state index >= 15 is 0 Å². The number of hydrogen-bond acceptors (Lipinski definition) is 4. The van der Waals surface area contributed by atoms with Crippen LogP contribution in [0.3, 0.4) is 0 Å². The van der Waals surface area contributed by atoms with Crippen LogP contribution in [0.1, 0.15) is 21.5 Å². The molecule has 2 aromatic rings. The van der Waals surface area contributed by atoms with Crippen molar-refractivity contribution >= 4 is 11.9 Å². The second-order valence-electron chi connectivity index (χ2n) is 5.41. The maximum atomic E-state index is 12.1. The SMILES string of the molecule is COCCOc1ccccc1CNC(=O)Cc1cccc(C(=O)O)c1. The van der Waals surface area contributed by atoms with Crippen molar-refractivity contribution in [1.82, 2.24) is 5.32 Å². The molecule has 132 valence electrons. The number of ether oxygens (including phenoxy) is 2. The van der Waals surface area contributed by atoms with Crippen LogP contribution in [-0.4, -0.2) is 37.3 Å². The van der Waals surface area contributed by atoms with Gasteiger partial charge in [-0.1, -0.05) is 30.3 Å². The first-order valence-corrected chi connectivity index (χ1v) is 7.88. The smallest absolute Gasteiger partial charge is 0.335 e. The van der Waals surface area contributed by atoms with Crippen LogP contribution in [0, 0.1) is 0 Å². The van der Waals surface area contributed by atoms with Gasteiger partial charge in [0.1, 0.15) is 12.4 Å². The molecular weight excluding hydrogens is 322 g/mol. The number of nitrogens with one attached hydrogen (secondary N) is 1. The van der Waals surface area contributed by atoms with Crippen LogP contribution in [0.5, 0.6) is 5.75 Å². The van der Waals surface area contributed by atoms with Gasteiger partial charge in [0.25, 0.3) is 0 Å². The van der Waals surface area contributed by atoms with Gasteiger partial charge in [-0.2, -0.15) is 0 Å². The van der Waals surface area contributed by atoms with E-state index in [0.29, 0.717) is 31.1 Å².